The molecule has 2 atom stereocenters. The number of aliphatic hydroxyl groups excluding tert-OH is 2. The summed E-state index contributed by atoms with van der Waals surface area (Å²) in [5.41, 5.74) is 0. The molecule has 420 valence electrons. The lowest BCUT2D eigenvalue weighted by Gasteiger charge is -2.20. The highest BCUT2D eigenvalue weighted by molar-refractivity contribution is 5.76. The number of amides is 1. The highest BCUT2D eigenvalue weighted by Crippen LogP contribution is 2.18. The molecule has 0 aliphatic carbocycles. The van der Waals surface area contributed by atoms with E-state index in [2.05, 4.69) is 31.3 Å². The van der Waals surface area contributed by atoms with Crippen molar-refractivity contribution in [2.24, 2.45) is 0 Å². The van der Waals surface area contributed by atoms with Gasteiger partial charge in [-0.1, -0.05) is 308 Å². The average molecular weight is 1000 g/mol. The number of esters is 1. The smallest absolute Gasteiger partial charge is 0.305 e. The maximum atomic E-state index is 12.4. The van der Waals surface area contributed by atoms with Crippen LogP contribution in [-0.4, -0.2) is 47.4 Å². The van der Waals surface area contributed by atoms with Crippen LogP contribution in [0.3, 0.4) is 0 Å². The van der Waals surface area contributed by atoms with Crippen molar-refractivity contribution in [3.05, 3.63) is 24.3 Å². The predicted octanol–water partition coefficient (Wildman–Crippen LogP) is 20.2. The lowest BCUT2D eigenvalue weighted by atomic mass is 10.0. The molecule has 0 radical (unpaired) electrons. The number of hydrogen-bond donors (Lipinski definition) is 3. The van der Waals surface area contributed by atoms with Crippen LogP contribution >= 0.6 is 0 Å². The topological polar surface area (TPSA) is 95.9 Å². The molecule has 0 aromatic carbocycles. The minimum atomic E-state index is -0.839. The number of unbranched alkanes of at least 4 members (excludes halogenated alkanes) is 47. The highest BCUT2D eigenvalue weighted by Gasteiger charge is 2.18. The van der Waals surface area contributed by atoms with Gasteiger partial charge in [0.1, 0.15) is 0 Å². The molecule has 0 aromatic rings. The van der Waals surface area contributed by atoms with Gasteiger partial charge in [0.15, 0.2) is 0 Å². The second-order valence-electron chi connectivity index (χ2n) is 22.1. The Labute approximate surface area is 443 Å². The number of hydrogen-bond acceptors (Lipinski definition) is 5. The molecule has 3 N–H and O–H groups in total. The molecule has 0 rings (SSSR count). The van der Waals surface area contributed by atoms with Crippen LogP contribution in [0.25, 0.3) is 0 Å². The fourth-order valence-electron chi connectivity index (χ4n) is 10.0. The van der Waals surface area contributed by atoms with Gasteiger partial charge < -0.3 is 20.3 Å². The van der Waals surface area contributed by atoms with Crippen LogP contribution < -0.4 is 5.32 Å². The quantitative estimate of drug-likeness (QED) is 0.0320. The molecule has 0 heterocycles. The Balaban J connectivity index is 3.33. The van der Waals surface area contributed by atoms with E-state index >= 15 is 0 Å². The van der Waals surface area contributed by atoms with Crippen LogP contribution in [-0.2, 0) is 14.3 Å². The summed E-state index contributed by atoms with van der Waals surface area (Å²) < 4.78 is 5.48. The first kappa shape index (κ1) is 69.3. The minimum absolute atomic E-state index is 0.0196. The van der Waals surface area contributed by atoms with Crippen molar-refractivity contribution in [3.8, 4) is 0 Å². The summed E-state index contributed by atoms with van der Waals surface area (Å²) in [6.45, 7) is 4.90. The van der Waals surface area contributed by atoms with Gasteiger partial charge in [0.05, 0.1) is 25.4 Å². The van der Waals surface area contributed by atoms with Gasteiger partial charge in [0, 0.05) is 12.8 Å². The van der Waals surface area contributed by atoms with Crippen molar-refractivity contribution < 1.29 is 24.5 Å². The third-order valence-electron chi connectivity index (χ3n) is 15.0. The number of rotatable bonds is 60. The zero-order valence-corrected chi connectivity index (χ0v) is 48.0. The van der Waals surface area contributed by atoms with E-state index in [1.807, 2.05) is 6.08 Å². The molecular weight excluding hydrogens is 875 g/mol. The molecule has 71 heavy (non-hydrogen) atoms. The molecule has 2 unspecified atom stereocenters. The van der Waals surface area contributed by atoms with Crippen LogP contribution in [0.15, 0.2) is 24.3 Å². The van der Waals surface area contributed by atoms with E-state index in [-0.39, 0.29) is 18.5 Å². The third kappa shape index (κ3) is 57.5. The summed E-state index contributed by atoms with van der Waals surface area (Å²) in [5.74, 6) is -0.0473. The number of allylic oxidation sites excluding steroid dienone is 3. The summed E-state index contributed by atoms with van der Waals surface area (Å²) in [4.78, 5) is 24.4. The van der Waals surface area contributed by atoms with E-state index in [1.165, 1.54) is 289 Å². The molecule has 0 aromatic heterocycles. The van der Waals surface area contributed by atoms with E-state index in [9.17, 15) is 19.8 Å². The van der Waals surface area contributed by atoms with Gasteiger partial charge in [-0.15, -0.1) is 0 Å². The van der Waals surface area contributed by atoms with Crippen molar-refractivity contribution in [3.63, 3.8) is 0 Å². The van der Waals surface area contributed by atoms with E-state index in [0.717, 1.165) is 38.5 Å². The molecule has 0 saturated heterocycles. The van der Waals surface area contributed by atoms with E-state index in [0.29, 0.717) is 19.4 Å². The van der Waals surface area contributed by atoms with Crippen molar-refractivity contribution in [2.45, 2.75) is 366 Å². The van der Waals surface area contributed by atoms with Crippen LogP contribution in [0.4, 0.5) is 0 Å². The van der Waals surface area contributed by atoms with Crippen molar-refractivity contribution in [2.75, 3.05) is 13.2 Å². The number of aliphatic hydroxyl groups is 2. The minimum Gasteiger partial charge on any atom is -0.466 e. The molecule has 0 aliphatic heterocycles. The second kappa shape index (κ2) is 60.9. The lowest BCUT2D eigenvalue weighted by Crippen LogP contribution is -2.45. The van der Waals surface area contributed by atoms with Gasteiger partial charge >= 0.3 is 5.97 Å². The first-order valence-electron chi connectivity index (χ1n) is 32.1. The van der Waals surface area contributed by atoms with Gasteiger partial charge in [-0.2, -0.15) is 0 Å². The molecule has 1 amide bonds. The van der Waals surface area contributed by atoms with E-state index in [1.54, 1.807) is 6.08 Å². The number of ether oxygens (including phenoxy) is 1. The van der Waals surface area contributed by atoms with Crippen molar-refractivity contribution >= 4 is 11.9 Å². The Morgan fingerprint density at radius 2 is 0.662 bits per heavy atom. The van der Waals surface area contributed by atoms with Crippen LogP contribution in [0.2, 0.25) is 0 Å². The zero-order valence-electron chi connectivity index (χ0n) is 48.0. The van der Waals surface area contributed by atoms with Crippen molar-refractivity contribution in [1.29, 1.82) is 0 Å². The predicted molar refractivity (Wildman–Crippen MR) is 310 cm³/mol. The molecular formula is C65H125NO5. The Morgan fingerprint density at radius 3 is 1.00 bits per heavy atom. The number of carbonyl (C=O) groups is 2. The Hall–Kier alpha value is -1.66. The standard InChI is InChI=1S/C65H125NO5/c1-3-5-7-9-11-13-14-35-39-43-47-51-55-59-65(70)71-60-56-52-48-44-40-37-34-32-30-28-26-24-22-20-18-16-15-17-19-21-23-25-27-29-31-33-36-38-42-46-50-54-58-64(69)66-62(61-67)63(68)57-53-49-45-41-12-10-8-6-4-2/h18,20,53,57,62-63,67-68H,3-17,19,21-52,54-56,58-61H2,1-2H3,(H,66,69)/b20-18-,57-53+. The molecule has 0 fully saturated rings. The largest absolute Gasteiger partial charge is 0.466 e. The van der Waals surface area contributed by atoms with Crippen LogP contribution in [0, 0.1) is 0 Å². The molecule has 6 nitrogen and oxygen atoms in total. The van der Waals surface area contributed by atoms with Gasteiger partial charge in [0.2, 0.25) is 5.91 Å². The Morgan fingerprint density at radius 1 is 0.380 bits per heavy atom. The Kier molecular flexibility index (Phi) is 59.5. The van der Waals surface area contributed by atoms with E-state index < -0.39 is 12.1 Å². The summed E-state index contributed by atoms with van der Waals surface area (Å²) in [7, 11) is 0. The normalized spacial score (nSPS) is 12.7. The fourth-order valence-corrected chi connectivity index (χ4v) is 10.0. The van der Waals surface area contributed by atoms with Gasteiger partial charge in [-0.25, -0.2) is 0 Å². The van der Waals surface area contributed by atoms with Gasteiger partial charge in [0.25, 0.3) is 0 Å². The van der Waals surface area contributed by atoms with Gasteiger partial charge in [-0.05, 0) is 57.8 Å². The second-order valence-corrected chi connectivity index (χ2v) is 22.1. The Bertz CT molecular complexity index is 1110. The fraction of sp³-hybridized carbons (Fsp3) is 0.908. The highest BCUT2D eigenvalue weighted by atomic mass is 16.5. The van der Waals surface area contributed by atoms with Crippen LogP contribution in [0.5, 0.6) is 0 Å². The monoisotopic (exact) mass is 1000 g/mol. The molecule has 0 aliphatic rings. The van der Waals surface area contributed by atoms with Crippen molar-refractivity contribution in [1.82, 2.24) is 5.32 Å². The number of nitrogens with one attached hydrogen (secondary N) is 1. The lowest BCUT2D eigenvalue weighted by molar-refractivity contribution is -0.143. The molecule has 0 saturated carbocycles. The maximum absolute atomic E-state index is 12.4. The average Bonchev–Trinajstić information content (AvgIpc) is 3.37. The van der Waals surface area contributed by atoms with Gasteiger partial charge in [-0.3, -0.25) is 9.59 Å². The third-order valence-corrected chi connectivity index (χ3v) is 15.0. The maximum Gasteiger partial charge on any atom is 0.305 e. The zero-order chi connectivity index (χ0) is 51.4. The summed E-state index contributed by atoms with van der Waals surface area (Å²) >= 11 is 0. The summed E-state index contributed by atoms with van der Waals surface area (Å²) in [5, 5.41) is 23.0. The first-order chi connectivity index (χ1) is 35.0. The summed E-state index contributed by atoms with van der Waals surface area (Å²) in [6.07, 6.45) is 75.4. The molecule has 6 heteroatoms. The van der Waals surface area contributed by atoms with Crippen LogP contribution in [0.1, 0.15) is 354 Å². The van der Waals surface area contributed by atoms with E-state index in [4.69, 9.17) is 4.74 Å². The SMILES string of the molecule is CCCCCCCCC/C=C/C(O)C(CO)NC(=O)CCCCCCCCCCCCCCCCCC/C=C\CCCCCCCCCCCCCCOC(=O)CCCCCCCCCCCCCCC. The number of carbonyl (C=O) groups excluding carboxylic acids is 2. The summed E-state index contributed by atoms with van der Waals surface area (Å²) in [6, 6.07) is -0.623. The molecule has 0 spiro atoms. The first-order valence-corrected chi connectivity index (χ1v) is 32.1. The molecule has 0 bridgehead atoms.